The molecule has 3 aromatic carbocycles. The van der Waals surface area contributed by atoms with Crippen LogP contribution in [0.25, 0.3) is 10.9 Å². The number of pyridine rings is 1. The highest BCUT2D eigenvalue weighted by molar-refractivity contribution is 8.13. The van der Waals surface area contributed by atoms with Crippen LogP contribution in [0.1, 0.15) is 52.4 Å². The minimum Gasteiger partial charge on any atom is -0.493 e. The maximum atomic E-state index is 15.3. The van der Waals surface area contributed by atoms with E-state index in [0.29, 0.717) is 53.3 Å². The number of fused-ring (bicyclic) bond motifs is 1. The maximum Gasteiger partial charge on any atom is 0.240 e. The van der Waals surface area contributed by atoms with Crippen molar-refractivity contribution in [2.24, 2.45) is 17.1 Å². The molecule has 13 heteroatoms. The summed E-state index contributed by atoms with van der Waals surface area (Å²) in [5.41, 5.74) is 5.71. The SMILES string of the molecule is COc1cc2c(Oc3ccc(NC(=O)C4(C(=O)Nc5ccc(F)cc5)CC4)cc3F)ccnc2cc1OCCCCCCSC(=O)C(N)C(C)C. The van der Waals surface area contributed by atoms with Gasteiger partial charge in [0.05, 0.1) is 25.3 Å². The highest BCUT2D eigenvalue weighted by Crippen LogP contribution is 2.48. The van der Waals surface area contributed by atoms with Crippen molar-refractivity contribution >= 4 is 51.0 Å². The smallest absolute Gasteiger partial charge is 0.240 e. The number of hydrogen-bond donors (Lipinski definition) is 3. The molecule has 1 unspecified atom stereocenters. The van der Waals surface area contributed by atoms with Crippen LogP contribution in [-0.2, 0) is 14.4 Å². The first-order valence-electron chi connectivity index (χ1n) is 16.9. The van der Waals surface area contributed by atoms with E-state index < -0.39 is 34.9 Å². The third kappa shape index (κ3) is 9.53. The molecule has 1 atom stereocenters. The highest BCUT2D eigenvalue weighted by Gasteiger charge is 2.56. The van der Waals surface area contributed by atoms with E-state index in [1.165, 1.54) is 55.3 Å². The largest absolute Gasteiger partial charge is 0.493 e. The highest BCUT2D eigenvalue weighted by atomic mass is 32.2. The summed E-state index contributed by atoms with van der Waals surface area (Å²) in [5, 5.41) is 5.90. The monoisotopic (exact) mass is 720 g/mol. The van der Waals surface area contributed by atoms with Crippen LogP contribution in [0.2, 0.25) is 0 Å². The molecule has 5 rings (SSSR count). The van der Waals surface area contributed by atoms with Gasteiger partial charge in [-0.25, -0.2) is 8.78 Å². The van der Waals surface area contributed by atoms with Crippen LogP contribution in [0.5, 0.6) is 23.0 Å². The predicted molar refractivity (Wildman–Crippen MR) is 194 cm³/mol. The predicted octanol–water partition coefficient (Wildman–Crippen LogP) is 7.85. The molecule has 0 radical (unpaired) electrons. The lowest BCUT2D eigenvalue weighted by Crippen LogP contribution is -2.35. The van der Waals surface area contributed by atoms with Crippen molar-refractivity contribution in [1.82, 2.24) is 4.98 Å². The summed E-state index contributed by atoms with van der Waals surface area (Å²) in [4.78, 5) is 42.4. The molecule has 0 aliphatic heterocycles. The Morgan fingerprint density at radius 1 is 0.863 bits per heavy atom. The minimum absolute atomic E-state index is 0.0412. The van der Waals surface area contributed by atoms with Crippen LogP contribution in [0.15, 0.2) is 66.9 Å². The van der Waals surface area contributed by atoms with Crippen molar-refractivity contribution in [3.05, 3.63) is 78.5 Å². The first-order chi connectivity index (χ1) is 24.5. The first kappa shape index (κ1) is 37.5. The van der Waals surface area contributed by atoms with Crippen molar-refractivity contribution in [2.45, 2.75) is 58.4 Å². The molecule has 2 amide bonds. The third-order valence-corrected chi connectivity index (χ3v) is 9.70. The average Bonchev–Trinajstić information content (AvgIpc) is 3.93. The van der Waals surface area contributed by atoms with Gasteiger partial charge >= 0.3 is 0 Å². The zero-order valence-electron chi connectivity index (χ0n) is 28.8. The summed E-state index contributed by atoms with van der Waals surface area (Å²) in [6, 6.07) is 13.9. The number of amides is 2. The fourth-order valence-electron chi connectivity index (χ4n) is 5.27. The van der Waals surface area contributed by atoms with Gasteiger partial charge in [0.25, 0.3) is 0 Å². The summed E-state index contributed by atoms with van der Waals surface area (Å²) in [5.74, 6) is -0.122. The Morgan fingerprint density at radius 2 is 1.55 bits per heavy atom. The molecule has 0 bridgehead atoms. The standard InChI is InChI=1S/C38H42F2N4O6S/c1-23(2)34(41)35(45)51-19-7-5-4-6-18-49-33-22-29-27(21-32(33)48-3)30(14-17-42-29)50-31-13-12-26(20-28(31)40)44-37(47)38(15-16-38)36(46)43-25-10-8-24(39)9-11-25/h8-14,17,20-23,34H,4-7,15-16,18-19,41H2,1-3H3,(H,43,46)(H,44,47). The Balaban J connectivity index is 1.15. The third-order valence-electron chi connectivity index (χ3n) is 8.65. The van der Waals surface area contributed by atoms with E-state index in [2.05, 4.69) is 15.6 Å². The molecule has 1 aliphatic rings. The molecule has 0 saturated heterocycles. The van der Waals surface area contributed by atoms with Crippen molar-refractivity contribution in [3.63, 3.8) is 0 Å². The molecule has 0 spiro atoms. The first-order valence-corrected chi connectivity index (χ1v) is 17.9. The molecular weight excluding hydrogens is 679 g/mol. The Bertz CT molecular complexity index is 1870. The number of carbonyl (C=O) groups is 3. The van der Waals surface area contributed by atoms with Gasteiger partial charge in [-0.1, -0.05) is 38.5 Å². The topological polar surface area (TPSA) is 142 Å². The number of nitrogens with two attached hydrogens (primary N) is 1. The van der Waals surface area contributed by atoms with Crippen molar-refractivity contribution in [2.75, 3.05) is 30.1 Å². The Morgan fingerprint density at radius 3 is 2.22 bits per heavy atom. The second-order valence-electron chi connectivity index (χ2n) is 12.8. The number of halogens is 2. The van der Waals surface area contributed by atoms with Crippen LogP contribution < -0.4 is 30.6 Å². The van der Waals surface area contributed by atoms with E-state index in [1.807, 2.05) is 13.8 Å². The summed E-state index contributed by atoms with van der Waals surface area (Å²) in [7, 11) is 1.53. The van der Waals surface area contributed by atoms with Crippen LogP contribution in [0.4, 0.5) is 20.2 Å². The molecule has 1 aromatic heterocycles. The molecule has 10 nitrogen and oxygen atoms in total. The van der Waals surface area contributed by atoms with E-state index in [-0.39, 0.29) is 22.5 Å². The number of aromatic nitrogens is 1. The lowest BCUT2D eigenvalue weighted by molar-refractivity contribution is -0.131. The zero-order chi connectivity index (χ0) is 36.5. The number of thioether (sulfide) groups is 1. The van der Waals surface area contributed by atoms with E-state index in [4.69, 9.17) is 19.9 Å². The number of ether oxygens (including phenoxy) is 3. The van der Waals surface area contributed by atoms with Gasteiger partial charge in [0.1, 0.15) is 17.0 Å². The van der Waals surface area contributed by atoms with E-state index in [0.717, 1.165) is 37.5 Å². The van der Waals surface area contributed by atoms with Crippen molar-refractivity contribution in [3.8, 4) is 23.0 Å². The summed E-state index contributed by atoms with van der Waals surface area (Å²) < 4.78 is 46.1. The number of methoxy groups -OCH3 is 1. The van der Waals surface area contributed by atoms with Gasteiger partial charge in [-0.3, -0.25) is 19.4 Å². The van der Waals surface area contributed by atoms with Gasteiger partial charge in [-0.2, -0.15) is 0 Å². The normalized spacial score (nSPS) is 13.8. The van der Waals surface area contributed by atoms with Gasteiger partial charge < -0.3 is 30.6 Å². The zero-order valence-corrected chi connectivity index (χ0v) is 29.6. The van der Waals surface area contributed by atoms with Gasteiger partial charge in [-0.15, -0.1) is 0 Å². The van der Waals surface area contributed by atoms with Crippen LogP contribution in [0, 0.1) is 23.0 Å². The van der Waals surface area contributed by atoms with E-state index >= 15 is 4.39 Å². The van der Waals surface area contributed by atoms with Crippen molar-refractivity contribution < 1.29 is 37.4 Å². The molecule has 4 aromatic rings. The summed E-state index contributed by atoms with van der Waals surface area (Å²) >= 11 is 1.30. The van der Waals surface area contributed by atoms with E-state index in [9.17, 15) is 18.8 Å². The Labute approximate surface area is 299 Å². The molecule has 51 heavy (non-hydrogen) atoms. The molecular formula is C38H42F2N4O6S. The fourth-order valence-corrected chi connectivity index (χ4v) is 6.28. The van der Waals surface area contributed by atoms with Gasteiger partial charge in [0.2, 0.25) is 16.9 Å². The number of hydrogen-bond acceptors (Lipinski definition) is 9. The fraction of sp³-hybridized carbons (Fsp3) is 0.368. The van der Waals surface area contributed by atoms with Crippen molar-refractivity contribution in [1.29, 1.82) is 0 Å². The molecule has 4 N–H and O–H groups in total. The lowest BCUT2D eigenvalue weighted by Gasteiger charge is -2.16. The number of anilines is 2. The quantitative estimate of drug-likeness (QED) is 0.0734. The number of unbranched alkanes of at least 4 members (excludes halogenated alkanes) is 3. The van der Waals surface area contributed by atoms with Gasteiger partial charge in [-0.05, 0) is 80.1 Å². The minimum atomic E-state index is -1.29. The number of nitrogens with zero attached hydrogens (tertiary/aromatic N) is 1. The van der Waals surface area contributed by atoms with Crippen LogP contribution in [0.3, 0.4) is 0 Å². The molecule has 1 saturated carbocycles. The number of benzene rings is 3. The van der Waals surface area contributed by atoms with Gasteiger partial charge in [0, 0.05) is 40.8 Å². The van der Waals surface area contributed by atoms with Crippen LogP contribution >= 0.6 is 11.8 Å². The summed E-state index contributed by atoms with van der Waals surface area (Å²) in [6.07, 6.45) is 5.87. The Hall–Kier alpha value is -4.75. The van der Waals surface area contributed by atoms with E-state index in [1.54, 1.807) is 24.4 Å². The number of nitrogens with one attached hydrogen (secondary N) is 2. The maximum absolute atomic E-state index is 15.3. The summed E-state index contributed by atoms with van der Waals surface area (Å²) in [6.45, 7) is 4.36. The molecule has 1 aliphatic carbocycles. The average molecular weight is 721 g/mol. The Kier molecular flexibility index (Phi) is 12.5. The second-order valence-corrected chi connectivity index (χ2v) is 13.9. The molecule has 1 heterocycles. The molecule has 270 valence electrons. The molecule has 1 fully saturated rings. The second kappa shape index (κ2) is 17.0. The lowest BCUT2D eigenvalue weighted by atomic mass is 10.0. The number of carbonyl (C=O) groups excluding carboxylic acids is 3. The number of rotatable bonds is 17. The van der Waals surface area contributed by atoms with Crippen LogP contribution in [-0.4, -0.2) is 47.4 Å². The van der Waals surface area contributed by atoms with Gasteiger partial charge in [0.15, 0.2) is 23.1 Å².